The predicted octanol–water partition coefficient (Wildman–Crippen LogP) is 2.27. The van der Waals surface area contributed by atoms with E-state index in [9.17, 15) is 22.4 Å². The Kier molecular flexibility index (Phi) is 4.90. The summed E-state index contributed by atoms with van der Waals surface area (Å²) in [5.41, 5.74) is 0.357. The van der Waals surface area contributed by atoms with Crippen molar-refractivity contribution in [2.24, 2.45) is 0 Å². The van der Waals surface area contributed by atoms with Crippen LogP contribution in [-0.4, -0.2) is 33.0 Å². The van der Waals surface area contributed by atoms with Crippen LogP contribution in [0.25, 0.3) is 0 Å². The van der Waals surface area contributed by atoms with Crippen LogP contribution >= 0.6 is 0 Å². The van der Waals surface area contributed by atoms with Crippen LogP contribution in [0.5, 0.6) is 0 Å². The Morgan fingerprint density at radius 2 is 1.48 bits per heavy atom. The first-order valence-electron chi connectivity index (χ1n) is 6.53. The lowest BCUT2D eigenvalue weighted by atomic mass is 10.1. The van der Waals surface area contributed by atoms with E-state index in [0.717, 1.165) is 18.4 Å². The lowest BCUT2D eigenvalue weighted by Gasteiger charge is -2.05. The number of Topliss-reactive ketones (excluding diaryl/α,β-unsaturated/α-hetero) is 1. The van der Waals surface area contributed by atoms with Crippen LogP contribution in [0.2, 0.25) is 0 Å². The van der Waals surface area contributed by atoms with Gasteiger partial charge in [0.2, 0.25) is 0 Å². The van der Waals surface area contributed by atoms with Crippen molar-refractivity contribution in [1.29, 1.82) is 0 Å². The highest BCUT2D eigenvalue weighted by atomic mass is 32.2. The molecule has 0 heterocycles. The zero-order chi connectivity index (χ0) is 17.0. The summed E-state index contributed by atoms with van der Waals surface area (Å²) in [6.07, 6.45) is 1.06. The second-order valence-electron chi connectivity index (χ2n) is 4.80. The van der Waals surface area contributed by atoms with E-state index in [4.69, 9.17) is 4.74 Å². The van der Waals surface area contributed by atoms with Gasteiger partial charge in [0.25, 0.3) is 0 Å². The van der Waals surface area contributed by atoms with Gasteiger partial charge in [-0.05, 0) is 48.5 Å². The molecule has 0 aliphatic rings. The van der Waals surface area contributed by atoms with Gasteiger partial charge >= 0.3 is 5.97 Å². The second kappa shape index (κ2) is 6.70. The first-order chi connectivity index (χ1) is 10.8. The molecule has 0 saturated carbocycles. The van der Waals surface area contributed by atoms with Crippen LogP contribution in [0.1, 0.15) is 20.7 Å². The molecule has 2 aromatic carbocycles. The summed E-state index contributed by atoms with van der Waals surface area (Å²) in [5.74, 6) is -1.68. The van der Waals surface area contributed by atoms with Gasteiger partial charge in [-0.2, -0.15) is 0 Å². The maximum atomic E-state index is 12.8. The molecule has 0 spiro atoms. The molecule has 0 saturated heterocycles. The van der Waals surface area contributed by atoms with E-state index in [2.05, 4.69) is 0 Å². The van der Waals surface area contributed by atoms with E-state index in [1.807, 2.05) is 0 Å². The van der Waals surface area contributed by atoms with Gasteiger partial charge in [-0.1, -0.05) is 0 Å². The van der Waals surface area contributed by atoms with E-state index in [1.54, 1.807) is 0 Å². The Morgan fingerprint density at radius 3 is 2.00 bits per heavy atom. The Balaban J connectivity index is 1.99. The smallest absolute Gasteiger partial charge is 0.338 e. The Hall–Kier alpha value is -2.54. The molecule has 0 bridgehead atoms. The minimum absolute atomic E-state index is 0.0800. The number of hydrogen-bond donors (Lipinski definition) is 0. The van der Waals surface area contributed by atoms with Crippen LogP contribution in [0.4, 0.5) is 4.39 Å². The van der Waals surface area contributed by atoms with Crippen molar-refractivity contribution in [2.75, 3.05) is 12.9 Å². The topological polar surface area (TPSA) is 77.5 Å². The van der Waals surface area contributed by atoms with Gasteiger partial charge in [-0.25, -0.2) is 17.6 Å². The van der Waals surface area contributed by atoms with Crippen molar-refractivity contribution in [3.8, 4) is 0 Å². The van der Waals surface area contributed by atoms with Crippen molar-refractivity contribution < 1.29 is 27.1 Å². The molecule has 0 amide bonds. The lowest BCUT2D eigenvalue weighted by Crippen LogP contribution is -2.14. The fraction of sp³-hybridized carbons (Fsp3) is 0.125. The molecule has 0 atom stereocenters. The maximum absolute atomic E-state index is 12.8. The van der Waals surface area contributed by atoms with Gasteiger partial charge < -0.3 is 4.74 Å². The summed E-state index contributed by atoms with van der Waals surface area (Å²) in [7, 11) is -3.35. The molecule has 0 fully saturated rings. The zero-order valence-electron chi connectivity index (χ0n) is 12.2. The fourth-order valence-corrected chi connectivity index (χ4v) is 2.40. The first-order valence-corrected chi connectivity index (χ1v) is 8.42. The number of carbonyl (C=O) groups is 2. The fourth-order valence-electron chi connectivity index (χ4n) is 1.77. The highest BCUT2D eigenvalue weighted by Crippen LogP contribution is 2.11. The second-order valence-corrected chi connectivity index (χ2v) is 6.82. The number of halogens is 1. The molecule has 2 rings (SSSR count). The monoisotopic (exact) mass is 336 g/mol. The number of sulfone groups is 1. The number of benzene rings is 2. The van der Waals surface area contributed by atoms with Gasteiger partial charge in [0, 0.05) is 11.8 Å². The number of ketones is 1. The highest BCUT2D eigenvalue weighted by molar-refractivity contribution is 7.90. The molecule has 5 nitrogen and oxygen atoms in total. The van der Waals surface area contributed by atoms with Gasteiger partial charge in [0.1, 0.15) is 5.82 Å². The normalized spacial score (nSPS) is 11.0. The molecule has 2 aromatic rings. The molecule has 7 heteroatoms. The molecule has 120 valence electrons. The quantitative estimate of drug-likeness (QED) is 0.618. The molecular formula is C16H13FO5S. The Morgan fingerprint density at radius 1 is 0.957 bits per heavy atom. The number of ether oxygens (including phenoxy) is 1. The van der Waals surface area contributed by atoms with Crippen molar-refractivity contribution >= 4 is 21.6 Å². The van der Waals surface area contributed by atoms with Crippen molar-refractivity contribution in [3.05, 3.63) is 65.5 Å². The van der Waals surface area contributed by atoms with Crippen LogP contribution in [0.15, 0.2) is 53.4 Å². The van der Waals surface area contributed by atoms with Crippen LogP contribution in [0.3, 0.4) is 0 Å². The molecule has 0 aliphatic heterocycles. The van der Waals surface area contributed by atoms with Gasteiger partial charge in [0.05, 0.1) is 10.5 Å². The molecule has 0 radical (unpaired) electrons. The van der Waals surface area contributed by atoms with E-state index in [0.29, 0.717) is 0 Å². The summed E-state index contributed by atoms with van der Waals surface area (Å²) in [6.45, 7) is -0.488. The molecular weight excluding hydrogens is 323 g/mol. The summed E-state index contributed by atoms with van der Waals surface area (Å²) >= 11 is 0. The minimum Gasteiger partial charge on any atom is -0.454 e. The van der Waals surface area contributed by atoms with Gasteiger partial charge in [-0.3, -0.25) is 4.79 Å². The van der Waals surface area contributed by atoms with Crippen LogP contribution in [-0.2, 0) is 14.6 Å². The standard InChI is InChI=1S/C16H13FO5S/c1-23(20,21)14-8-4-12(5-9-14)16(19)22-10-15(18)11-2-6-13(17)7-3-11/h2-9H,10H2,1H3. The summed E-state index contributed by atoms with van der Waals surface area (Å²) < 4.78 is 40.3. The number of rotatable bonds is 5. The average molecular weight is 336 g/mol. The van der Waals surface area contributed by atoms with E-state index in [-0.39, 0.29) is 16.0 Å². The van der Waals surface area contributed by atoms with Crippen molar-refractivity contribution in [2.45, 2.75) is 4.90 Å². The Labute approximate surface area is 132 Å². The molecule has 0 N–H and O–H groups in total. The van der Waals surface area contributed by atoms with Crippen molar-refractivity contribution in [1.82, 2.24) is 0 Å². The number of carbonyl (C=O) groups excluding carboxylic acids is 2. The summed E-state index contributed by atoms with van der Waals surface area (Å²) in [4.78, 5) is 23.7. The third-order valence-corrected chi connectivity index (χ3v) is 4.15. The highest BCUT2D eigenvalue weighted by Gasteiger charge is 2.13. The van der Waals surface area contributed by atoms with Crippen LogP contribution < -0.4 is 0 Å². The van der Waals surface area contributed by atoms with Crippen LogP contribution in [0, 0.1) is 5.82 Å². The number of hydrogen-bond acceptors (Lipinski definition) is 5. The Bertz CT molecular complexity index is 824. The van der Waals surface area contributed by atoms with Gasteiger partial charge in [0.15, 0.2) is 22.2 Å². The predicted molar refractivity (Wildman–Crippen MR) is 80.6 cm³/mol. The minimum atomic E-state index is -3.35. The molecule has 0 unspecified atom stereocenters. The van der Waals surface area contributed by atoms with Crippen molar-refractivity contribution in [3.63, 3.8) is 0 Å². The van der Waals surface area contributed by atoms with Gasteiger partial charge in [-0.15, -0.1) is 0 Å². The van der Waals surface area contributed by atoms with E-state index < -0.39 is 34.0 Å². The average Bonchev–Trinajstić information content (AvgIpc) is 2.52. The third kappa shape index (κ3) is 4.46. The van der Waals surface area contributed by atoms with E-state index in [1.165, 1.54) is 36.4 Å². The summed E-state index contributed by atoms with van der Waals surface area (Å²) in [5, 5.41) is 0. The maximum Gasteiger partial charge on any atom is 0.338 e. The lowest BCUT2D eigenvalue weighted by molar-refractivity contribution is 0.0474. The largest absolute Gasteiger partial charge is 0.454 e. The third-order valence-electron chi connectivity index (χ3n) is 3.02. The zero-order valence-corrected chi connectivity index (χ0v) is 13.0. The number of esters is 1. The summed E-state index contributed by atoms with van der Waals surface area (Å²) in [6, 6.07) is 10.1. The van der Waals surface area contributed by atoms with E-state index >= 15 is 0 Å². The SMILES string of the molecule is CS(=O)(=O)c1ccc(C(=O)OCC(=O)c2ccc(F)cc2)cc1. The molecule has 23 heavy (non-hydrogen) atoms. The molecule has 0 aliphatic carbocycles. The first kappa shape index (κ1) is 16.8. The molecule has 0 aromatic heterocycles.